The molecule has 0 saturated carbocycles. The molecular formula is C10H11IN2O2. The zero-order chi connectivity index (χ0) is 11.3. The molecule has 0 radical (unpaired) electrons. The standard InChI is InChI=1S/C10H11IN2O2/c11-8-3-1-2-7(6-8)10(15)13-5-4-9(12)14/h1-3,6H,4-5H2,(H2,12,14)(H,13,15). The number of carbonyl (C=O) groups is 2. The van der Waals surface area contributed by atoms with Gasteiger partial charge in [0.25, 0.3) is 5.91 Å². The van der Waals surface area contributed by atoms with Gasteiger partial charge in [-0.2, -0.15) is 0 Å². The van der Waals surface area contributed by atoms with Gasteiger partial charge in [-0.05, 0) is 40.8 Å². The summed E-state index contributed by atoms with van der Waals surface area (Å²) in [6.07, 6.45) is 0.162. The molecule has 5 heteroatoms. The molecule has 2 amide bonds. The van der Waals surface area contributed by atoms with Crippen LogP contribution in [0.4, 0.5) is 0 Å². The second-order valence-corrected chi connectivity index (χ2v) is 4.23. The van der Waals surface area contributed by atoms with Crippen LogP contribution >= 0.6 is 22.6 Å². The topological polar surface area (TPSA) is 72.2 Å². The van der Waals surface area contributed by atoms with Crippen molar-refractivity contribution in [3.63, 3.8) is 0 Å². The number of amides is 2. The Kier molecular flexibility index (Phi) is 4.54. The van der Waals surface area contributed by atoms with Crippen LogP contribution in [0.3, 0.4) is 0 Å². The third-order valence-electron chi connectivity index (χ3n) is 1.74. The molecule has 1 rings (SSSR count). The molecular weight excluding hydrogens is 307 g/mol. The van der Waals surface area contributed by atoms with Gasteiger partial charge in [0.1, 0.15) is 0 Å². The summed E-state index contributed by atoms with van der Waals surface area (Å²) in [5, 5.41) is 2.61. The number of carbonyl (C=O) groups excluding carboxylic acids is 2. The van der Waals surface area contributed by atoms with Gasteiger partial charge >= 0.3 is 0 Å². The number of primary amides is 1. The van der Waals surface area contributed by atoms with E-state index in [1.165, 1.54) is 0 Å². The Morgan fingerprint density at radius 1 is 1.40 bits per heavy atom. The van der Waals surface area contributed by atoms with Crippen LogP contribution in [0.25, 0.3) is 0 Å². The van der Waals surface area contributed by atoms with Gasteiger partial charge in [-0.1, -0.05) is 6.07 Å². The highest BCUT2D eigenvalue weighted by Gasteiger charge is 2.05. The first kappa shape index (κ1) is 12.0. The Bertz CT molecular complexity index is 379. The lowest BCUT2D eigenvalue weighted by molar-refractivity contribution is -0.117. The van der Waals surface area contributed by atoms with Crippen molar-refractivity contribution in [3.05, 3.63) is 33.4 Å². The monoisotopic (exact) mass is 318 g/mol. The number of hydrogen-bond donors (Lipinski definition) is 2. The van der Waals surface area contributed by atoms with E-state index < -0.39 is 5.91 Å². The van der Waals surface area contributed by atoms with Crippen LogP contribution < -0.4 is 11.1 Å². The van der Waals surface area contributed by atoms with Crippen LogP contribution in [0.1, 0.15) is 16.8 Å². The van der Waals surface area contributed by atoms with Crippen molar-refractivity contribution in [2.45, 2.75) is 6.42 Å². The van der Waals surface area contributed by atoms with Crippen molar-refractivity contribution >= 4 is 34.4 Å². The molecule has 1 aromatic rings. The fraction of sp³-hybridized carbons (Fsp3) is 0.200. The molecule has 3 N–H and O–H groups in total. The average Bonchev–Trinajstić information content (AvgIpc) is 2.17. The largest absolute Gasteiger partial charge is 0.370 e. The van der Waals surface area contributed by atoms with Gasteiger partial charge in [-0.25, -0.2) is 0 Å². The van der Waals surface area contributed by atoms with Crippen molar-refractivity contribution in [1.29, 1.82) is 0 Å². The van der Waals surface area contributed by atoms with E-state index in [0.717, 1.165) is 3.57 Å². The Balaban J connectivity index is 2.50. The van der Waals surface area contributed by atoms with E-state index in [9.17, 15) is 9.59 Å². The summed E-state index contributed by atoms with van der Waals surface area (Å²) in [5.74, 6) is -0.604. The molecule has 0 saturated heterocycles. The molecule has 0 spiro atoms. The minimum absolute atomic E-state index is 0.162. The zero-order valence-electron chi connectivity index (χ0n) is 8.00. The van der Waals surface area contributed by atoms with Gasteiger partial charge in [0.05, 0.1) is 0 Å². The second-order valence-electron chi connectivity index (χ2n) is 2.98. The van der Waals surface area contributed by atoms with E-state index in [-0.39, 0.29) is 18.9 Å². The van der Waals surface area contributed by atoms with Crippen LogP contribution in [0.5, 0.6) is 0 Å². The summed E-state index contributed by atoms with van der Waals surface area (Å²) in [4.78, 5) is 22.0. The van der Waals surface area contributed by atoms with Crippen LogP contribution in [-0.2, 0) is 4.79 Å². The molecule has 80 valence electrons. The third kappa shape index (κ3) is 4.28. The summed E-state index contributed by atoms with van der Waals surface area (Å²) in [6.45, 7) is 0.277. The van der Waals surface area contributed by atoms with E-state index in [2.05, 4.69) is 27.9 Å². The average molecular weight is 318 g/mol. The number of hydrogen-bond acceptors (Lipinski definition) is 2. The molecule has 0 bridgehead atoms. The van der Waals surface area contributed by atoms with Crippen LogP contribution in [0.15, 0.2) is 24.3 Å². The summed E-state index contributed by atoms with van der Waals surface area (Å²) < 4.78 is 0.996. The molecule has 15 heavy (non-hydrogen) atoms. The lowest BCUT2D eigenvalue weighted by atomic mass is 10.2. The van der Waals surface area contributed by atoms with Gasteiger partial charge < -0.3 is 11.1 Å². The Morgan fingerprint density at radius 2 is 2.13 bits per heavy atom. The first-order chi connectivity index (χ1) is 7.09. The summed E-state index contributed by atoms with van der Waals surface area (Å²) in [6, 6.07) is 7.22. The molecule has 0 fully saturated rings. The van der Waals surface area contributed by atoms with Crippen molar-refractivity contribution in [2.75, 3.05) is 6.54 Å². The maximum atomic E-state index is 11.5. The molecule has 4 nitrogen and oxygen atoms in total. The third-order valence-corrected chi connectivity index (χ3v) is 2.41. The second kappa shape index (κ2) is 5.69. The van der Waals surface area contributed by atoms with Crippen molar-refractivity contribution in [2.24, 2.45) is 5.73 Å². The lowest BCUT2D eigenvalue weighted by Crippen LogP contribution is -2.27. The number of halogens is 1. The molecule has 0 aliphatic carbocycles. The van der Waals surface area contributed by atoms with E-state index in [1.807, 2.05) is 12.1 Å². The first-order valence-electron chi connectivity index (χ1n) is 4.41. The van der Waals surface area contributed by atoms with Crippen molar-refractivity contribution < 1.29 is 9.59 Å². The lowest BCUT2D eigenvalue weighted by Gasteiger charge is -2.03. The van der Waals surface area contributed by atoms with E-state index in [1.54, 1.807) is 12.1 Å². The highest BCUT2D eigenvalue weighted by atomic mass is 127. The molecule has 0 aromatic heterocycles. The summed E-state index contributed by atoms with van der Waals surface area (Å²) in [7, 11) is 0. The van der Waals surface area contributed by atoms with E-state index in [0.29, 0.717) is 5.56 Å². The quantitative estimate of drug-likeness (QED) is 0.810. The van der Waals surface area contributed by atoms with Gasteiger partial charge in [0.2, 0.25) is 5.91 Å². The van der Waals surface area contributed by atoms with Crippen LogP contribution in [-0.4, -0.2) is 18.4 Å². The fourth-order valence-corrected chi connectivity index (χ4v) is 1.57. The zero-order valence-corrected chi connectivity index (χ0v) is 10.2. The molecule has 0 atom stereocenters. The predicted molar refractivity (Wildman–Crippen MR) is 65.3 cm³/mol. The van der Waals surface area contributed by atoms with Gasteiger partial charge in [-0.15, -0.1) is 0 Å². The van der Waals surface area contributed by atoms with Crippen LogP contribution in [0.2, 0.25) is 0 Å². The number of nitrogens with one attached hydrogen (secondary N) is 1. The Hall–Kier alpha value is -1.11. The van der Waals surface area contributed by atoms with Crippen LogP contribution in [0, 0.1) is 3.57 Å². The van der Waals surface area contributed by atoms with Gasteiger partial charge in [-0.3, -0.25) is 9.59 Å². The SMILES string of the molecule is NC(=O)CCNC(=O)c1cccc(I)c1. The van der Waals surface area contributed by atoms with E-state index in [4.69, 9.17) is 5.73 Å². The Labute approximate surface area is 101 Å². The highest BCUT2D eigenvalue weighted by Crippen LogP contribution is 2.07. The summed E-state index contributed by atoms with van der Waals surface area (Å²) >= 11 is 2.13. The molecule has 1 aromatic carbocycles. The first-order valence-corrected chi connectivity index (χ1v) is 5.49. The predicted octanol–water partition coefficient (Wildman–Crippen LogP) is 0.896. The highest BCUT2D eigenvalue weighted by molar-refractivity contribution is 14.1. The normalized spacial score (nSPS) is 9.67. The molecule has 0 heterocycles. The fourth-order valence-electron chi connectivity index (χ4n) is 1.03. The van der Waals surface area contributed by atoms with E-state index >= 15 is 0 Å². The minimum Gasteiger partial charge on any atom is -0.370 e. The van der Waals surface area contributed by atoms with Crippen molar-refractivity contribution in [1.82, 2.24) is 5.32 Å². The number of benzene rings is 1. The van der Waals surface area contributed by atoms with Crippen molar-refractivity contribution in [3.8, 4) is 0 Å². The molecule has 0 aliphatic rings. The maximum absolute atomic E-state index is 11.5. The summed E-state index contributed by atoms with van der Waals surface area (Å²) in [5.41, 5.74) is 5.54. The smallest absolute Gasteiger partial charge is 0.251 e. The van der Waals surface area contributed by atoms with Gasteiger partial charge in [0.15, 0.2) is 0 Å². The Morgan fingerprint density at radius 3 is 2.73 bits per heavy atom. The molecule has 0 aliphatic heterocycles. The minimum atomic E-state index is -0.419. The number of nitrogens with two attached hydrogens (primary N) is 1. The molecule has 0 unspecified atom stereocenters. The van der Waals surface area contributed by atoms with Gasteiger partial charge in [0, 0.05) is 22.1 Å². The maximum Gasteiger partial charge on any atom is 0.251 e. The number of rotatable bonds is 4.